The summed E-state index contributed by atoms with van der Waals surface area (Å²) in [5.41, 5.74) is 4.66. The third-order valence-corrected chi connectivity index (χ3v) is 7.45. The molecule has 4 aromatic rings. The first-order valence-corrected chi connectivity index (χ1v) is 13.2. The number of phenols is 1. The number of halogens is 2. The van der Waals surface area contributed by atoms with Crippen molar-refractivity contribution in [3.05, 3.63) is 57.6 Å². The van der Waals surface area contributed by atoms with Crippen LogP contribution < -0.4 is 26.2 Å². The molecule has 2 amide bonds. The van der Waals surface area contributed by atoms with Gasteiger partial charge in [-0.2, -0.15) is 0 Å². The number of piperazine rings is 1. The molecule has 1 saturated heterocycles. The molecule has 1 aliphatic heterocycles. The molecule has 0 bridgehead atoms. The molecule has 1 aliphatic rings. The van der Waals surface area contributed by atoms with E-state index >= 15 is 4.39 Å². The number of hydrogen-bond acceptors (Lipinski definition) is 9. The predicted molar refractivity (Wildman–Crippen MR) is 155 cm³/mol. The maximum Gasteiger partial charge on any atom is 0.263 e. The van der Waals surface area contributed by atoms with Crippen molar-refractivity contribution in [2.75, 3.05) is 50.6 Å². The molecule has 13 nitrogen and oxygen atoms in total. The molecule has 0 saturated carbocycles. The largest absolute Gasteiger partial charge is 0.504 e. The molecule has 0 aliphatic carbocycles. The summed E-state index contributed by atoms with van der Waals surface area (Å²) in [5.74, 6) is -3.29. The van der Waals surface area contributed by atoms with Crippen LogP contribution in [0, 0.1) is 5.82 Å². The number of ether oxygens (including phenoxy) is 1. The van der Waals surface area contributed by atoms with Gasteiger partial charge in [-0.25, -0.2) is 14.4 Å². The van der Waals surface area contributed by atoms with E-state index in [1.54, 1.807) is 6.07 Å². The van der Waals surface area contributed by atoms with Crippen LogP contribution >= 0.6 is 11.6 Å². The first kappa shape index (κ1) is 28.8. The van der Waals surface area contributed by atoms with Gasteiger partial charge in [-0.1, -0.05) is 11.6 Å². The maximum atomic E-state index is 15.6. The first-order valence-electron chi connectivity index (χ1n) is 12.8. The molecule has 5 rings (SSSR count). The van der Waals surface area contributed by atoms with E-state index in [0.717, 1.165) is 39.4 Å². The van der Waals surface area contributed by atoms with Crippen LogP contribution in [0.5, 0.6) is 11.5 Å². The number of likely N-dealkylation sites (N-methyl/N-ethyl adjacent to an activating group) is 1. The number of primary amides is 1. The minimum atomic E-state index is -1.04. The lowest BCUT2D eigenvalue weighted by Crippen LogP contribution is -2.44. The van der Waals surface area contributed by atoms with E-state index in [0.29, 0.717) is 11.5 Å². The number of amides is 2. The number of nitrogens with one attached hydrogen (secondary N) is 1. The van der Waals surface area contributed by atoms with Gasteiger partial charge in [0.25, 0.3) is 11.5 Å². The van der Waals surface area contributed by atoms with Crippen molar-refractivity contribution in [1.82, 2.24) is 24.0 Å². The van der Waals surface area contributed by atoms with Crippen molar-refractivity contribution in [3.63, 3.8) is 0 Å². The lowest BCUT2D eigenvalue weighted by Gasteiger charge is -2.33. The molecular formula is C27H28ClFN8O5. The van der Waals surface area contributed by atoms with Crippen molar-refractivity contribution in [2.45, 2.75) is 6.54 Å². The Labute approximate surface area is 243 Å². The summed E-state index contributed by atoms with van der Waals surface area (Å²) in [6, 6.07) is 2.72. The highest BCUT2D eigenvalue weighted by Gasteiger charge is 2.26. The maximum absolute atomic E-state index is 15.6. The summed E-state index contributed by atoms with van der Waals surface area (Å²) in [6.07, 6.45) is 4.10. The number of carbonyl (C=O) groups is 2. The van der Waals surface area contributed by atoms with Crippen LogP contribution in [-0.2, 0) is 18.4 Å². The van der Waals surface area contributed by atoms with Crippen molar-refractivity contribution in [2.24, 2.45) is 12.8 Å². The van der Waals surface area contributed by atoms with Crippen molar-refractivity contribution in [3.8, 4) is 22.6 Å². The third kappa shape index (κ3) is 5.21. The van der Waals surface area contributed by atoms with E-state index in [2.05, 4.69) is 25.1 Å². The number of aromatic nitrogens is 4. The topological polar surface area (TPSA) is 161 Å². The average Bonchev–Trinajstić information content (AvgIpc) is 3.30. The number of rotatable bonds is 7. The van der Waals surface area contributed by atoms with Crippen LogP contribution in [0.25, 0.3) is 22.2 Å². The van der Waals surface area contributed by atoms with Crippen LogP contribution in [0.15, 0.2) is 35.6 Å². The third-order valence-electron chi connectivity index (χ3n) is 7.15. The number of nitrogens with two attached hydrogens (primary N) is 1. The van der Waals surface area contributed by atoms with Gasteiger partial charge in [0.05, 0.1) is 41.3 Å². The second kappa shape index (κ2) is 11.3. The standard InChI is InChI=1S/C27H28ClFN8O5/c1-34-4-6-36(7-5-34)19-9-18(17(28)10-31-19)33-20(38)12-37-11-16(21-26(37)32-13-35(2)27(21)41)14-8-15(25(30)40)23(39)24(42-3)22(14)29/h8-11,13,39H,4-7,12H2,1-3H3,(H2,30,40)(H,31,33,38). The fraction of sp³-hybridized carbons (Fsp3) is 0.296. The SMILES string of the molecule is COc1c(O)c(C(N)=O)cc(-c2cn(CC(=O)Nc3cc(N4CCN(C)CC4)ncc3Cl)c3ncn(C)c(=O)c23)c1F. The number of nitrogens with zero attached hydrogens (tertiary/aromatic N) is 6. The molecule has 3 aromatic heterocycles. The Bertz CT molecular complexity index is 1780. The molecule has 4 N–H and O–H groups in total. The second-order valence-electron chi connectivity index (χ2n) is 9.92. The lowest BCUT2D eigenvalue weighted by atomic mass is 10.0. The number of carbonyl (C=O) groups excluding carboxylic acids is 2. The van der Waals surface area contributed by atoms with Gasteiger partial charge in [-0.15, -0.1) is 0 Å². The van der Waals surface area contributed by atoms with Crippen LogP contribution in [0.1, 0.15) is 10.4 Å². The summed E-state index contributed by atoms with van der Waals surface area (Å²) in [5, 5.41) is 13.3. The van der Waals surface area contributed by atoms with E-state index in [4.69, 9.17) is 22.1 Å². The van der Waals surface area contributed by atoms with Gasteiger partial charge in [0.2, 0.25) is 5.91 Å². The quantitative estimate of drug-likeness (QED) is 0.288. The Morgan fingerprint density at radius 2 is 1.88 bits per heavy atom. The Balaban J connectivity index is 1.53. The van der Waals surface area contributed by atoms with Gasteiger partial charge < -0.3 is 39.8 Å². The highest BCUT2D eigenvalue weighted by atomic mass is 35.5. The fourth-order valence-corrected chi connectivity index (χ4v) is 5.01. The Hall–Kier alpha value is -4.69. The minimum absolute atomic E-state index is 0.0177. The Kier molecular flexibility index (Phi) is 7.75. The van der Waals surface area contributed by atoms with Crippen LogP contribution in [0.3, 0.4) is 0 Å². The zero-order chi connectivity index (χ0) is 30.3. The van der Waals surface area contributed by atoms with Crippen molar-refractivity contribution >= 4 is 46.0 Å². The summed E-state index contributed by atoms with van der Waals surface area (Å²) in [6.45, 7) is 2.96. The lowest BCUT2D eigenvalue weighted by molar-refractivity contribution is -0.116. The summed E-state index contributed by atoms with van der Waals surface area (Å²) in [7, 11) is 4.62. The number of anilines is 2. The van der Waals surface area contributed by atoms with E-state index < -0.39 is 40.3 Å². The molecule has 0 unspecified atom stereocenters. The Morgan fingerprint density at radius 3 is 2.55 bits per heavy atom. The molecular weight excluding hydrogens is 571 g/mol. The van der Waals surface area contributed by atoms with Gasteiger partial charge in [0, 0.05) is 56.6 Å². The highest BCUT2D eigenvalue weighted by Crippen LogP contribution is 2.41. The number of methoxy groups -OCH3 is 1. The van der Waals surface area contributed by atoms with E-state index in [-0.39, 0.29) is 33.7 Å². The summed E-state index contributed by atoms with van der Waals surface area (Å²) < 4.78 is 23.1. The van der Waals surface area contributed by atoms with Crippen molar-refractivity contribution in [1.29, 1.82) is 0 Å². The summed E-state index contributed by atoms with van der Waals surface area (Å²) >= 11 is 6.34. The number of aromatic hydroxyl groups is 1. The van der Waals surface area contributed by atoms with Crippen molar-refractivity contribution < 1.29 is 23.8 Å². The van der Waals surface area contributed by atoms with Crippen LogP contribution in [0.2, 0.25) is 5.02 Å². The molecule has 1 fully saturated rings. The normalized spacial score (nSPS) is 13.9. The first-order chi connectivity index (χ1) is 20.0. The van der Waals surface area contributed by atoms with Crippen LogP contribution in [-0.4, -0.2) is 81.3 Å². The molecule has 4 heterocycles. The molecule has 1 aromatic carbocycles. The number of benzene rings is 1. The highest BCUT2D eigenvalue weighted by molar-refractivity contribution is 6.33. The van der Waals surface area contributed by atoms with Gasteiger partial charge in [-0.3, -0.25) is 14.4 Å². The molecule has 42 heavy (non-hydrogen) atoms. The number of aryl methyl sites for hydroxylation is 1. The smallest absolute Gasteiger partial charge is 0.263 e. The zero-order valence-electron chi connectivity index (χ0n) is 23.0. The molecule has 220 valence electrons. The van der Waals surface area contributed by atoms with E-state index in [9.17, 15) is 19.5 Å². The monoisotopic (exact) mass is 598 g/mol. The number of pyridine rings is 1. The van der Waals surface area contributed by atoms with Crippen LogP contribution in [0.4, 0.5) is 15.9 Å². The zero-order valence-corrected chi connectivity index (χ0v) is 23.8. The van der Waals surface area contributed by atoms with Gasteiger partial charge in [0.1, 0.15) is 18.0 Å². The molecule has 0 spiro atoms. The van der Waals surface area contributed by atoms with Gasteiger partial charge in [0.15, 0.2) is 17.3 Å². The number of hydrogen-bond donors (Lipinski definition) is 3. The average molecular weight is 599 g/mol. The predicted octanol–water partition coefficient (Wildman–Crippen LogP) is 1.79. The molecule has 0 radical (unpaired) electrons. The Morgan fingerprint density at radius 1 is 1.17 bits per heavy atom. The van der Waals surface area contributed by atoms with E-state index in [1.165, 1.54) is 34.9 Å². The summed E-state index contributed by atoms with van der Waals surface area (Å²) in [4.78, 5) is 51.4. The minimum Gasteiger partial charge on any atom is -0.504 e. The fourth-order valence-electron chi connectivity index (χ4n) is 4.86. The van der Waals surface area contributed by atoms with Gasteiger partial charge in [-0.05, 0) is 13.1 Å². The molecule has 0 atom stereocenters. The van der Waals surface area contributed by atoms with Gasteiger partial charge >= 0.3 is 0 Å². The second-order valence-corrected chi connectivity index (χ2v) is 10.3. The van der Waals surface area contributed by atoms with E-state index in [1.807, 2.05) is 7.05 Å². The molecule has 15 heteroatoms. The number of fused-ring (bicyclic) bond motifs is 1.